The minimum Gasteiger partial charge on any atom is -0.391 e. The van der Waals surface area contributed by atoms with E-state index in [2.05, 4.69) is 20.6 Å². The molecule has 2 atom stereocenters. The average Bonchev–Trinajstić information content (AvgIpc) is 3.18. The summed E-state index contributed by atoms with van der Waals surface area (Å²) in [6.07, 6.45) is 2.16. The van der Waals surface area contributed by atoms with E-state index in [-0.39, 0.29) is 17.6 Å². The Balaban J connectivity index is 1.45. The van der Waals surface area contributed by atoms with Gasteiger partial charge in [0.25, 0.3) is 0 Å². The predicted octanol–water partition coefficient (Wildman–Crippen LogP) is 0.845. The number of β-amino-alcohol motifs (C(OH)–C–C–N with tert-alkyl or cyclic N) is 1. The molecule has 0 aliphatic carbocycles. The summed E-state index contributed by atoms with van der Waals surface area (Å²) in [5.74, 6) is 0.410. The Hall–Kier alpha value is -2.25. The fourth-order valence-electron chi connectivity index (χ4n) is 2.82. The summed E-state index contributed by atoms with van der Waals surface area (Å²) in [5.41, 5.74) is 1.68. The normalized spacial score (nSPS) is 20.2. The van der Waals surface area contributed by atoms with Gasteiger partial charge in [-0.1, -0.05) is 0 Å². The third-order valence-corrected chi connectivity index (χ3v) is 4.22. The topological polar surface area (TPSA) is 90.0 Å². The van der Waals surface area contributed by atoms with Crippen molar-refractivity contribution in [3.05, 3.63) is 42.1 Å². The summed E-state index contributed by atoms with van der Waals surface area (Å²) < 4.78 is 12.9. The van der Waals surface area contributed by atoms with Gasteiger partial charge in [-0.15, -0.1) is 0 Å². The van der Waals surface area contributed by atoms with Gasteiger partial charge in [-0.25, -0.2) is 9.37 Å². The highest BCUT2D eigenvalue weighted by Gasteiger charge is 2.26. The van der Waals surface area contributed by atoms with Gasteiger partial charge >= 0.3 is 0 Å². The van der Waals surface area contributed by atoms with E-state index in [0.29, 0.717) is 32.5 Å². The third-order valence-electron chi connectivity index (χ3n) is 4.22. The lowest BCUT2D eigenvalue weighted by atomic mass is 10.0. The first-order valence-corrected chi connectivity index (χ1v) is 8.07. The zero-order valence-electron chi connectivity index (χ0n) is 13.3. The van der Waals surface area contributed by atoms with Crippen molar-refractivity contribution in [2.45, 2.75) is 18.9 Å². The number of H-pyrrole nitrogens is 1. The van der Waals surface area contributed by atoms with Crippen molar-refractivity contribution in [1.29, 1.82) is 0 Å². The molecular weight excluding hydrogens is 311 g/mol. The lowest BCUT2D eigenvalue weighted by Crippen LogP contribution is -2.31. The largest absolute Gasteiger partial charge is 0.391 e. The number of aromatic amines is 1. The van der Waals surface area contributed by atoms with Crippen LogP contribution in [0.5, 0.6) is 0 Å². The van der Waals surface area contributed by atoms with Crippen molar-refractivity contribution < 1.29 is 14.3 Å². The number of nitrogens with one attached hydrogen (secondary N) is 3. The number of benzene rings is 1. The number of aliphatic hydroxyl groups excluding tert-OH is 1. The average molecular weight is 332 g/mol. The van der Waals surface area contributed by atoms with Crippen molar-refractivity contribution in [2.75, 3.05) is 19.6 Å². The molecule has 7 heteroatoms. The molecule has 6 nitrogen and oxygen atoms in total. The number of carbonyl (C=O) groups excluding carboxylic acids is 1. The Kier molecular flexibility index (Phi) is 5.22. The highest BCUT2D eigenvalue weighted by molar-refractivity contribution is 5.76. The molecule has 1 fully saturated rings. The summed E-state index contributed by atoms with van der Waals surface area (Å²) in [7, 11) is 0. The summed E-state index contributed by atoms with van der Waals surface area (Å²) in [5, 5.41) is 15.6. The minimum atomic E-state index is -0.445. The molecule has 1 amide bonds. The van der Waals surface area contributed by atoms with Crippen molar-refractivity contribution in [3.63, 3.8) is 0 Å². The van der Waals surface area contributed by atoms with Gasteiger partial charge < -0.3 is 20.7 Å². The van der Waals surface area contributed by atoms with Crippen LogP contribution >= 0.6 is 0 Å². The number of hydrogen-bond donors (Lipinski definition) is 4. The zero-order valence-corrected chi connectivity index (χ0v) is 13.3. The van der Waals surface area contributed by atoms with E-state index < -0.39 is 6.10 Å². The first-order valence-electron chi connectivity index (χ1n) is 8.07. The molecule has 1 saturated heterocycles. The van der Waals surface area contributed by atoms with E-state index >= 15 is 0 Å². The van der Waals surface area contributed by atoms with E-state index in [4.69, 9.17) is 0 Å². The Labute approximate surface area is 139 Å². The number of amides is 1. The highest BCUT2D eigenvalue weighted by Crippen LogP contribution is 2.17. The van der Waals surface area contributed by atoms with Crippen molar-refractivity contribution >= 4 is 5.91 Å². The van der Waals surface area contributed by atoms with Crippen molar-refractivity contribution in [2.24, 2.45) is 5.92 Å². The molecule has 1 aliphatic heterocycles. The van der Waals surface area contributed by atoms with E-state index in [1.165, 1.54) is 12.1 Å². The van der Waals surface area contributed by atoms with Gasteiger partial charge in [-0.05, 0) is 29.8 Å². The van der Waals surface area contributed by atoms with E-state index in [1.54, 1.807) is 18.3 Å². The molecule has 4 N–H and O–H groups in total. The SMILES string of the molecule is O=C(C[C@@H]1CNC[C@H]1O)NCCc1ncc(-c2ccc(F)cc2)[nH]1. The third kappa shape index (κ3) is 4.18. The van der Waals surface area contributed by atoms with Crippen molar-refractivity contribution in [3.8, 4) is 11.3 Å². The van der Waals surface area contributed by atoms with Gasteiger partial charge in [-0.2, -0.15) is 0 Å². The predicted molar refractivity (Wildman–Crippen MR) is 87.7 cm³/mol. The Morgan fingerprint density at radius 3 is 2.83 bits per heavy atom. The van der Waals surface area contributed by atoms with Crippen LogP contribution in [0.4, 0.5) is 4.39 Å². The molecule has 24 heavy (non-hydrogen) atoms. The fraction of sp³-hybridized carbons (Fsp3) is 0.412. The number of imidazole rings is 1. The summed E-state index contributed by atoms with van der Waals surface area (Å²) >= 11 is 0. The summed E-state index contributed by atoms with van der Waals surface area (Å²) in [6, 6.07) is 6.19. The molecule has 0 bridgehead atoms. The number of carbonyl (C=O) groups is 1. The Morgan fingerprint density at radius 1 is 1.33 bits per heavy atom. The van der Waals surface area contributed by atoms with Crippen LogP contribution < -0.4 is 10.6 Å². The number of aromatic nitrogens is 2. The molecule has 1 aliphatic rings. The van der Waals surface area contributed by atoms with Crippen LogP contribution in [0.1, 0.15) is 12.2 Å². The number of aliphatic hydroxyl groups is 1. The van der Waals surface area contributed by atoms with Crippen LogP contribution in [0.2, 0.25) is 0 Å². The van der Waals surface area contributed by atoms with Gasteiger partial charge in [0.15, 0.2) is 0 Å². The maximum absolute atomic E-state index is 12.9. The molecule has 1 aromatic heterocycles. The van der Waals surface area contributed by atoms with E-state index in [0.717, 1.165) is 17.1 Å². The van der Waals surface area contributed by atoms with Crippen LogP contribution in [0.3, 0.4) is 0 Å². The van der Waals surface area contributed by atoms with Crippen LogP contribution in [-0.2, 0) is 11.2 Å². The Bertz CT molecular complexity index is 686. The Morgan fingerprint density at radius 2 is 2.12 bits per heavy atom. The quantitative estimate of drug-likeness (QED) is 0.631. The molecule has 1 aromatic carbocycles. The molecule has 0 unspecified atom stereocenters. The second-order valence-electron chi connectivity index (χ2n) is 6.04. The van der Waals surface area contributed by atoms with Gasteiger partial charge in [-0.3, -0.25) is 4.79 Å². The van der Waals surface area contributed by atoms with Crippen LogP contribution in [-0.4, -0.2) is 46.7 Å². The number of rotatable bonds is 6. The monoisotopic (exact) mass is 332 g/mol. The van der Waals surface area contributed by atoms with Gasteiger partial charge in [0.05, 0.1) is 18.0 Å². The maximum Gasteiger partial charge on any atom is 0.220 e. The van der Waals surface area contributed by atoms with Crippen LogP contribution in [0.25, 0.3) is 11.3 Å². The highest BCUT2D eigenvalue weighted by atomic mass is 19.1. The van der Waals surface area contributed by atoms with E-state index in [1.807, 2.05) is 0 Å². The number of hydrogen-bond acceptors (Lipinski definition) is 4. The molecular formula is C17H21FN4O2. The van der Waals surface area contributed by atoms with Crippen LogP contribution in [0.15, 0.2) is 30.5 Å². The van der Waals surface area contributed by atoms with Gasteiger partial charge in [0.2, 0.25) is 5.91 Å². The van der Waals surface area contributed by atoms with Gasteiger partial charge in [0, 0.05) is 38.4 Å². The molecule has 0 spiro atoms. The van der Waals surface area contributed by atoms with E-state index in [9.17, 15) is 14.3 Å². The fourth-order valence-corrected chi connectivity index (χ4v) is 2.82. The number of nitrogens with zero attached hydrogens (tertiary/aromatic N) is 1. The second-order valence-corrected chi connectivity index (χ2v) is 6.04. The molecule has 0 saturated carbocycles. The smallest absolute Gasteiger partial charge is 0.220 e. The molecule has 0 radical (unpaired) electrons. The number of halogens is 1. The first-order chi connectivity index (χ1) is 11.6. The lowest BCUT2D eigenvalue weighted by Gasteiger charge is -2.12. The second kappa shape index (κ2) is 7.55. The van der Waals surface area contributed by atoms with Crippen molar-refractivity contribution in [1.82, 2.24) is 20.6 Å². The maximum atomic E-state index is 12.9. The standard InChI is InChI=1S/C17H21FN4O2/c18-13-3-1-11(2-4-13)14-9-21-16(22-14)5-6-20-17(24)7-12-8-19-10-15(12)23/h1-4,9,12,15,19,23H,5-8,10H2,(H,20,24)(H,21,22)/t12-,15-/m1/s1. The first kappa shape index (κ1) is 16.6. The van der Waals surface area contributed by atoms with Crippen LogP contribution in [0, 0.1) is 11.7 Å². The molecule has 3 rings (SSSR count). The summed E-state index contributed by atoms with van der Waals surface area (Å²) in [4.78, 5) is 19.3. The lowest BCUT2D eigenvalue weighted by molar-refractivity contribution is -0.122. The molecule has 2 aromatic rings. The molecule has 128 valence electrons. The van der Waals surface area contributed by atoms with Gasteiger partial charge in [0.1, 0.15) is 11.6 Å². The summed E-state index contributed by atoms with van der Waals surface area (Å²) in [6.45, 7) is 1.70. The minimum absolute atomic E-state index is 0.0151. The zero-order chi connectivity index (χ0) is 16.9. The molecule has 2 heterocycles.